The first-order valence-corrected chi connectivity index (χ1v) is 25.1. The summed E-state index contributed by atoms with van der Waals surface area (Å²) >= 11 is 9.77. The van der Waals surface area contributed by atoms with Gasteiger partial charge in [0, 0.05) is 69.5 Å². The lowest BCUT2D eigenvalue weighted by Gasteiger charge is -2.49. The smallest absolute Gasteiger partial charge is 0.0441 e. The molecule has 10 rings (SSSR count). The maximum Gasteiger partial charge on any atom is 0.0441 e. The molecule has 6 aromatic heterocycles. The van der Waals surface area contributed by atoms with Crippen molar-refractivity contribution in [3.63, 3.8) is 0 Å². The molecule has 4 aliphatic rings. The Morgan fingerprint density at radius 2 is 0.444 bits per heavy atom. The van der Waals surface area contributed by atoms with E-state index in [-0.39, 0.29) is 0 Å². The molecule has 0 amide bonds. The first-order chi connectivity index (χ1) is 26.7. The Labute approximate surface area is 343 Å². The van der Waals surface area contributed by atoms with Crippen LogP contribution in [0.4, 0.5) is 0 Å². The second-order valence-corrected chi connectivity index (χ2v) is 21.3. The van der Waals surface area contributed by atoms with Crippen LogP contribution in [-0.4, -0.2) is 26.2 Å². The summed E-state index contributed by atoms with van der Waals surface area (Å²) in [5, 5.41) is 14.0. The third-order valence-electron chi connectivity index (χ3n) is 14.6. The molecular formula is C42H48N6S6. The van der Waals surface area contributed by atoms with Crippen molar-refractivity contribution in [1.29, 1.82) is 0 Å². The van der Waals surface area contributed by atoms with Gasteiger partial charge in [0.1, 0.15) is 0 Å². The molecule has 6 aromatic rings. The molecule has 10 unspecified atom stereocenters. The second-order valence-electron chi connectivity index (χ2n) is 17.3. The molecule has 0 N–H and O–H groups in total. The summed E-state index contributed by atoms with van der Waals surface area (Å²) in [7, 11) is 0. The van der Waals surface area contributed by atoms with E-state index in [1.807, 2.05) is 0 Å². The Hall–Kier alpha value is -2.22. The van der Waals surface area contributed by atoms with Crippen LogP contribution >= 0.6 is 69.2 Å². The summed E-state index contributed by atoms with van der Waals surface area (Å²) in [5.74, 6) is 7.98. The van der Waals surface area contributed by atoms with Gasteiger partial charge in [0.05, 0.1) is 0 Å². The molecule has 0 spiro atoms. The summed E-state index contributed by atoms with van der Waals surface area (Å²) in [6.07, 6.45) is 28.8. The van der Waals surface area contributed by atoms with E-state index in [1.54, 1.807) is 69.2 Å². The van der Waals surface area contributed by atoms with Crippen LogP contribution in [0.25, 0.3) is 0 Å². The highest BCUT2D eigenvalue weighted by Gasteiger charge is 2.46. The zero-order valence-electron chi connectivity index (χ0n) is 30.5. The van der Waals surface area contributed by atoms with E-state index < -0.39 is 0 Å². The van der Waals surface area contributed by atoms with E-state index in [0.29, 0.717) is 35.5 Å². The highest BCUT2D eigenvalue weighted by Crippen LogP contribution is 2.58. The van der Waals surface area contributed by atoms with Crippen molar-refractivity contribution < 1.29 is 0 Å². The third-order valence-corrected chi connectivity index (χ3v) is 18.2. The highest BCUT2D eigenvalue weighted by molar-refractivity contribution is 7.04. The van der Waals surface area contributed by atoms with Gasteiger partial charge in [-0.3, -0.25) is 0 Å². The Morgan fingerprint density at radius 3 is 0.630 bits per heavy atom. The van der Waals surface area contributed by atoms with Gasteiger partial charge < -0.3 is 0 Å². The van der Waals surface area contributed by atoms with E-state index in [0.717, 1.165) is 35.5 Å². The third kappa shape index (κ3) is 7.73. The molecule has 0 saturated heterocycles. The minimum atomic E-state index is 0.590. The fraction of sp³-hybridized carbons (Fsp3) is 0.571. The largest absolute Gasteiger partial charge is 0.201 e. The van der Waals surface area contributed by atoms with Gasteiger partial charge >= 0.3 is 0 Å². The van der Waals surface area contributed by atoms with Crippen LogP contribution in [-0.2, 0) is 0 Å². The number of hydrogen-bond donors (Lipinski definition) is 0. The topological polar surface area (TPSA) is 77.3 Å². The average Bonchev–Trinajstić information content (AvgIpc) is 4.09. The number of nitrogens with zero attached hydrogens (tertiary/aromatic N) is 6. The summed E-state index contributed by atoms with van der Waals surface area (Å²) < 4.78 is 27.6. The average molecular weight is 829 g/mol. The molecule has 4 aliphatic carbocycles. The molecule has 0 radical (unpaired) electrons. The van der Waals surface area contributed by atoms with E-state index in [9.17, 15) is 0 Å². The number of rotatable bonds is 9. The molecule has 0 aromatic carbocycles. The van der Waals surface area contributed by atoms with Crippen LogP contribution in [0.15, 0.2) is 69.5 Å². The van der Waals surface area contributed by atoms with Crippen molar-refractivity contribution in [1.82, 2.24) is 26.2 Å². The van der Waals surface area contributed by atoms with E-state index in [4.69, 9.17) is 0 Å². The van der Waals surface area contributed by atoms with Gasteiger partial charge in [-0.15, -0.1) is 0 Å². The van der Waals surface area contributed by atoms with Gasteiger partial charge in [-0.05, 0) is 251 Å². The van der Waals surface area contributed by atoms with E-state index >= 15 is 0 Å². The van der Waals surface area contributed by atoms with Crippen LogP contribution in [0.5, 0.6) is 0 Å². The Kier molecular flexibility index (Phi) is 10.9. The normalized spacial score (nSPS) is 34.9. The van der Waals surface area contributed by atoms with Gasteiger partial charge in [0.2, 0.25) is 0 Å². The second kappa shape index (κ2) is 16.3. The van der Waals surface area contributed by atoms with Crippen molar-refractivity contribution in [3.8, 4) is 0 Å². The highest BCUT2D eigenvalue weighted by atomic mass is 32.1. The monoisotopic (exact) mass is 828 g/mol. The predicted molar refractivity (Wildman–Crippen MR) is 225 cm³/mol. The fourth-order valence-electron chi connectivity index (χ4n) is 12.0. The summed E-state index contributed by atoms with van der Waals surface area (Å²) in [4.78, 5) is 0. The van der Waals surface area contributed by atoms with Crippen molar-refractivity contribution in [3.05, 3.63) is 103 Å². The van der Waals surface area contributed by atoms with E-state index in [1.165, 1.54) is 110 Å². The Balaban J connectivity index is 0.954. The van der Waals surface area contributed by atoms with Crippen LogP contribution in [0, 0.1) is 35.5 Å². The van der Waals surface area contributed by atoms with Gasteiger partial charge in [-0.25, -0.2) is 26.2 Å². The van der Waals surface area contributed by atoms with Crippen LogP contribution in [0.3, 0.4) is 0 Å². The first-order valence-electron chi connectivity index (χ1n) is 20.1. The first kappa shape index (κ1) is 36.1. The Bertz CT molecular complexity index is 1750. The SMILES string of the molecule is c1nscc1C1CC(c2cnsc2)CC(C2CC(c3cnsc3)CC(C3CC(c4cnsc4)CC(C4CC(c5cnsc5)CC(c5cnsc5)C4)C3)C2)C1. The van der Waals surface area contributed by atoms with Crippen molar-refractivity contribution in [2.45, 2.75) is 113 Å². The predicted octanol–water partition coefficient (Wildman–Crippen LogP) is 12.9. The molecule has 0 bridgehead atoms. The van der Waals surface area contributed by atoms with Crippen molar-refractivity contribution >= 4 is 69.2 Å². The van der Waals surface area contributed by atoms with Gasteiger partial charge in [0.25, 0.3) is 0 Å². The quantitative estimate of drug-likeness (QED) is 0.144. The number of aromatic nitrogens is 6. The zero-order valence-corrected chi connectivity index (χ0v) is 35.4. The van der Waals surface area contributed by atoms with Gasteiger partial charge in [-0.2, -0.15) is 0 Å². The summed E-state index contributed by atoms with van der Waals surface area (Å²) in [6, 6.07) is 0. The molecule has 0 aliphatic heterocycles. The molecule has 10 atom stereocenters. The standard InChI is InChI=1S/C42H48N6S6/c1-25(3-31(37-13-43-49-19-37)5-27(1)29-7-33(39-15-45-51-21-39)11-34(8-29)40-16-46-52-22-40)26-2-28(6-32(4-26)38-14-44-50-20-38)30-9-35(41-17-47-53-23-41)12-36(10-30)42-18-48-54-24-42/h13-36H,1-12H2. The van der Waals surface area contributed by atoms with Crippen LogP contribution in [0.2, 0.25) is 0 Å². The van der Waals surface area contributed by atoms with Crippen molar-refractivity contribution in [2.75, 3.05) is 0 Å². The van der Waals surface area contributed by atoms with Gasteiger partial charge in [0.15, 0.2) is 0 Å². The lowest BCUT2D eigenvalue weighted by molar-refractivity contribution is 0.0535. The molecular weight excluding hydrogens is 781 g/mol. The molecule has 6 heterocycles. The molecule has 54 heavy (non-hydrogen) atoms. The zero-order chi connectivity index (χ0) is 35.8. The number of hydrogen-bond acceptors (Lipinski definition) is 12. The fourth-order valence-corrected chi connectivity index (χ4v) is 15.7. The van der Waals surface area contributed by atoms with E-state index in [2.05, 4.69) is 95.7 Å². The molecule has 12 heteroatoms. The summed E-state index contributed by atoms with van der Waals surface area (Å²) in [5.41, 5.74) is 8.86. The maximum absolute atomic E-state index is 4.66. The molecule has 6 nitrogen and oxygen atoms in total. The molecule has 4 fully saturated rings. The minimum Gasteiger partial charge on any atom is -0.201 e. The maximum atomic E-state index is 4.66. The van der Waals surface area contributed by atoms with Gasteiger partial charge in [-0.1, -0.05) is 0 Å². The lowest BCUT2D eigenvalue weighted by Crippen LogP contribution is -2.38. The van der Waals surface area contributed by atoms with Crippen LogP contribution < -0.4 is 0 Å². The minimum absolute atomic E-state index is 0.590. The molecule has 4 saturated carbocycles. The van der Waals surface area contributed by atoms with Crippen molar-refractivity contribution in [2.24, 2.45) is 35.5 Å². The van der Waals surface area contributed by atoms with Crippen LogP contribution in [0.1, 0.15) is 146 Å². The molecule has 282 valence electrons. The summed E-state index contributed by atoms with van der Waals surface area (Å²) in [6.45, 7) is 0. The Morgan fingerprint density at radius 1 is 0.259 bits per heavy atom. The lowest BCUT2D eigenvalue weighted by atomic mass is 9.56.